The van der Waals surface area contributed by atoms with Crippen molar-refractivity contribution in [1.29, 1.82) is 0 Å². The van der Waals surface area contributed by atoms with Gasteiger partial charge in [-0.25, -0.2) is 13.1 Å². The van der Waals surface area contributed by atoms with E-state index in [0.29, 0.717) is 17.7 Å². The molecule has 1 aromatic carbocycles. The summed E-state index contributed by atoms with van der Waals surface area (Å²) in [4.78, 5) is 15.7. The van der Waals surface area contributed by atoms with Gasteiger partial charge in [-0.15, -0.1) is 0 Å². The number of carbonyl (C=O) groups excluding carboxylic acids is 1. The number of rotatable bonds is 6. The first kappa shape index (κ1) is 16.1. The molecule has 0 bridgehead atoms. The van der Waals surface area contributed by atoms with Crippen LogP contribution >= 0.6 is 0 Å². The highest BCUT2D eigenvalue weighted by atomic mass is 32.2. The standard InChI is InChI=1S/C15H17N3O3S/c1-16-22(20,21)11-13-4-2-12(3-5-13)10-18-15(19)14-6-8-17-9-7-14/h2-9,16H,10-11H2,1H3,(H,18,19). The largest absolute Gasteiger partial charge is 0.348 e. The van der Waals surface area contributed by atoms with Crippen LogP contribution in [0.15, 0.2) is 48.8 Å². The van der Waals surface area contributed by atoms with Crippen LogP contribution < -0.4 is 10.0 Å². The fourth-order valence-corrected chi connectivity index (χ4v) is 2.61. The Morgan fingerprint density at radius 3 is 2.23 bits per heavy atom. The number of nitrogens with zero attached hydrogens (tertiary/aromatic N) is 1. The molecule has 7 heteroatoms. The van der Waals surface area contributed by atoms with Crippen molar-refractivity contribution in [3.8, 4) is 0 Å². The van der Waals surface area contributed by atoms with Gasteiger partial charge in [-0.1, -0.05) is 24.3 Å². The Bertz CT molecular complexity index is 728. The zero-order valence-electron chi connectivity index (χ0n) is 12.1. The topological polar surface area (TPSA) is 88.2 Å². The lowest BCUT2D eigenvalue weighted by atomic mass is 10.1. The first-order chi connectivity index (χ1) is 10.5. The molecular formula is C15H17N3O3S. The Kier molecular flexibility index (Phi) is 5.24. The number of hydrogen-bond acceptors (Lipinski definition) is 4. The molecule has 1 heterocycles. The smallest absolute Gasteiger partial charge is 0.251 e. The SMILES string of the molecule is CNS(=O)(=O)Cc1ccc(CNC(=O)c2ccncc2)cc1. The van der Waals surface area contributed by atoms with Crippen molar-refractivity contribution in [2.24, 2.45) is 0 Å². The number of benzene rings is 1. The van der Waals surface area contributed by atoms with Gasteiger partial charge in [0.1, 0.15) is 0 Å². The van der Waals surface area contributed by atoms with E-state index in [4.69, 9.17) is 0 Å². The van der Waals surface area contributed by atoms with Crippen LogP contribution in [-0.4, -0.2) is 26.4 Å². The fraction of sp³-hybridized carbons (Fsp3) is 0.200. The van der Waals surface area contributed by atoms with Crippen molar-refractivity contribution in [2.45, 2.75) is 12.3 Å². The molecule has 0 fully saturated rings. The van der Waals surface area contributed by atoms with Crippen molar-refractivity contribution in [2.75, 3.05) is 7.05 Å². The molecule has 1 amide bonds. The average molecular weight is 319 g/mol. The molecule has 0 unspecified atom stereocenters. The molecule has 0 spiro atoms. The molecule has 2 aromatic rings. The van der Waals surface area contributed by atoms with Crippen LogP contribution in [0.4, 0.5) is 0 Å². The van der Waals surface area contributed by atoms with Gasteiger partial charge in [0, 0.05) is 24.5 Å². The fourth-order valence-electron chi connectivity index (χ4n) is 1.83. The van der Waals surface area contributed by atoms with Crippen LogP contribution in [0.3, 0.4) is 0 Å². The van der Waals surface area contributed by atoms with E-state index < -0.39 is 10.0 Å². The van der Waals surface area contributed by atoms with Gasteiger partial charge in [-0.2, -0.15) is 0 Å². The Morgan fingerprint density at radius 1 is 1.05 bits per heavy atom. The molecule has 116 valence electrons. The molecule has 0 saturated heterocycles. The second-order valence-electron chi connectivity index (χ2n) is 4.70. The zero-order chi connectivity index (χ0) is 16.0. The highest BCUT2D eigenvalue weighted by molar-refractivity contribution is 7.88. The minimum absolute atomic E-state index is 0.0623. The van der Waals surface area contributed by atoms with Crippen LogP contribution in [0.1, 0.15) is 21.5 Å². The third-order valence-corrected chi connectivity index (χ3v) is 4.42. The number of carbonyl (C=O) groups is 1. The van der Waals surface area contributed by atoms with E-state index in [1.807, 2.05) is 0 Å². The molecular weight excluding hydrogens is 302 g/mol. The van der Waals surface area contributed by atoms with Gasteiger partial charge in [0.2, 0.25) is 10.0 Å². The third kappa shape index (κ3) is 4.64. The summed E-state index contributed by atoms with van der Waals surface area (Å²) in [6.07, 6.45) is 3.12. The van der Waals surface area contributed by atoms with Crippen LogP contribution in [-0.2, 0) is 22.3 Å². The normalized spacial score (nSPS) is 11.1. The molecule has 0 aliphatic heterocycles. The van der Waals surface area contributed by atoms with E-state index in [2.05, 4.69) is 15.0 Å². The van der Waals surface area contributed by atoms with E-state index in [0.717, 1.165) is 5.56 Å². The van der Waals surface area contributed by atoms with Gasteiger partial charge in [-0.05, 0) is 30.3 Å². The quantitative estimate of drug-likeness (QED) is 0.833. The van der Waals surface area contributed by atoms with Gasteiger partial charge in [0.15, 0.2) is 0 Å². The summed E-state index contributed by atoms with van der Waals surface area (Å²) >= 11 is 0. The number of aromatic nitrogens is 1. The van der Waals surface area contributed by atoms with Gasteiger partial charge in [0.05, 0.1) is 5.75 Å². The van der Waals surface area contributed by atoms with Gasteiger partial charge < -0.3 is 5.32 Å². The monoisotopic (exact) mass is 319 g/mol. The van der Waals surface area contributed by atoms with E-state index >= 15 is 0 Å². The number of sulfonamides is 1. The first-order valence-electron chi connectivity index (χ1n) is 6.67. The molecule has 0 atom stereocenters. The van der Waals surface area contributed by atoms with Crippen molar-refractivity contribution < 1.29 is 13.2 Å². The predicted molar refractivity (Wildman–Crippen MR) is 83.5 cm³/mol. The van der Waals surface area contributed by atoms with Gasteiger partial charge in [-0.3, -0.25) is 9.78 Å². The summed E-state index contributed by atoms with van der Waals surface area (Å²) in [6, 6.07) is 10.4. The number of hydrogen-bond donors (Lipinski definition) is 2. The maximum atomic E-state index is 11.9. The van der Waals surface area contributed by atoms with Crippen LogP contribution in [0.2, 0.25) is 0 Å². The van der Waals surface area contributed by atoms with Gasteiger partial charge in [0.25, 0.3) is 5.91 Å². The molecule has 6 nitrogen and oxygen atoms in total. The molecule has 0 aliphatic carbocycles. The highest BCUT2D eigenvalue weighted by Gasteiger charge is 2.08. The molecule has 0 saturated carbocycles. The predicted octanol–water partition coefficient (Wildman–Crippen LogP) is 1.06. The number of pyridine rings is 1. The highest BCUT2D eigenvalue weighted by Crippen LogP contribution is 2.08. The molecule has 2 N–H and O–H groups in total. The lowest BCUT2D eigenvalue weighted by molar-refractivity contribution is 0.0951. The first-order valence-corrected chi connectivity index (χ1v) is 8.32. The Labute approximate surface area is 129 Å². The summed E-state index contributed by atoms with van der Waals surface area (Å²) in [5, 5.41) is 2.80. The van der Waals surface area contributed by atoms with Crippen LogP contribution in [0.5, 0.6) is 0 Å². The van der Waals surface area contributed by atoms with E-state index in [-0.39, 0.29) is 11.7 Å². The maximum absolute atomic E-state index is 11.9. The second-order valence-corrected chi connectivity index (χ2v) is 6.62. The van der Waals surface area contributed by atoms with Crippen molar-refractivity contribution in [3.63, 3.8) is 0 Å². The zero-order valence-corrected chi connectivity index (χ0v) is 12.9. The molecule has 0 aliphatic rings. The average Bonchev–Trinajstić information content (AvgIpc) is 2.54. The Hall–Kier alpha value is -2.25. The molecule has 2 rings (SSSR count). The summed E-state index contributed by atoms with van der Waals surface area (Å²) in [5.74, 6) is -0.239. The van der Waals surface area contributed by atoms with Crippen molar-refractivity contribution >= 4 is 15.9 Å². The number of nitrogens with one attached hydrogen (secondary N) is 2. The molecule has 1 aromatic heterocycles. The minimum atomic E-state index is -3.27. The summed E-state index contributed by atoms with van der Waals surface area (Å²) in [6.45, 7) is 0.375. The Morgan fingerprint density at radius 2 is 1.64 bits per heavy atom. The van der Waals surface area contributed by atoms with Gasteiger partial charge >= 0.3 is 0 Å². The van der Waals surface area contributed by atoms with Crippen molar-refractivity contribution in [1.82, 2.24) is 15.0 Å². The second kappa shape index (κ2) is 7.15. The minimum Gasteiger partial charge on any atom is -0.348 e. The van der Waals surface area contributed by atoms with Crippen LogP contribution in [0, 0.1) is 0 Å². The molecule has 22 heavy (non-hydrogen) atoms. The lowest BCUT2D eigenvalue weighted by Crippen LogP contribution is -2.23. The van der Waals surface area contributed by atoms with E-state index in [1.54, 1.807) is 48.8 Å². The van der Waals surface area contributed by atoms with E-state index in [9.17, 15) is 13.2 Å². The summed E-state index contributed by atoms with van der Waals surface area (Å²) in [5.41, 5.74) is 2.14. The third-order valence-electron chi connectivity index (χ3n) is 3.09. The van der Waals surface area contributed by atoms with Crippen molar-refractivity contribution in [3.05, 3.63) is 65.5 Å². The summed E-state index contributed by atoms with van der Waals surface area (Å²) < 4.78 is 25.2. The Balaban J connectivity index is 1.93. The summed E-state index contributed by atoms with van der Waals surface area (Å²) in [7, 11) is -1.89. The lowest BCUT2D eigenvalue weighted by Gasteiger charge is -2.07. The van der Waals surface area contributed by atoms with Crippen LogP contribution in [0.25, 0.3) is 0 Å². The molecule has 0 radical (unpaired) electrons. The maximum Gasteiger partial charge on any atom is 0.251 e. The van der Waals surface area contributed by atoms with E-state index in [1.165, 1.54) is 7.05 Å². The number of amides is 1.